The quantitative estimate of drug-likeness (QED) is 0.234. The number of nitro benzene ring substituents is 1. The molecule has 0 unspecified atom stereocenters. The lowest BCUT2D eigenvalue weighted by atomic mass is 10.2. The highest BCUT2D eigenvalue weighted by molar-refractivity contribution is 9.10. The predicted octanol–water partition coefficient (Wildman–Crippen LogP) is 4.01. The molecule has 0 N–H and O–H groups in total. The van der Waals surface area contributed by atoms with Crippen LogP contribution in [-0.2, 0) is 17.0 Å². The molecule has 9 heteroatoms. The number of benzene rings is 2. The number of rotatable bonds is 7. The molecule has 0 bridgehead atoms. The van der Waals surface area contributed by atoms with Crippen molar-refractivity contribution in [2.45, 2.75) is 17.5 Å². The van der Waals surface area contributed by atoms with E-state index in [4.69, 9.17) is 4.74 Å². The van der Waals surface area contributed by atoms with Crippen LogP contribution in [-0.4, -0.2) is 28.2 Å². The van der Waals surface area contributed by atoms with Crippen LogP contribution in [0.4, 0.5) is 5.69 Å². The molecule has 3 rings (SSSR count). The minimum Gasteiger partial charge on any atom is -0.383 e. The van der Waals surface area contributed by atoms with Gasteiger partial charge in [-0.25, -0.2) is 4.98 Å². The molecule has 27 heavy (non-hydrogen) atoms. The fourth-order valence-corrected chi connectivity index (χ4v) is 3.90. The average molecular weight is 450 g/mol. The molecule has 0 fully saturated rings. The van der Waals surface area contributed by atoms with Crippen LogP contribution in [0.15, 0.2) is 56.9 Å². The summed E-state index contributed by atoms with van der Waals surface area (Å²) in [6, 6.07) is 11.8. The SMILES string of the molecule is COCCn1c(SCc2cccc([N+](=O)[O-])c2)nc2ccc(Br)cc2c1=O. The van der Waals surface area contributed by atoms with Crippen molar-refractivity contribution in [3.63, 3.8) is 0 Å². The van der Waals surface area contributed by atoms with Crippen LogP contribution in [0.3, 0.4) is 0 Å². The van der Waals surface area contributed by atoms with E-state index in [1.807, 2.05) is 12.1 Å². The summed E-state index contributed by atoms with van der Waals surface area (Å²) in [4.78, 5) is 28.0. The molecule has 0 spiro atoms. The summed E-state index contributed by atoms with van der Waals surface area (Å²) in [5.74, 6) is 0.461. The third-order valence-corrected chi connectivity index (χ3v) is 5.43. The fourth-order valence-electron chi connectivity index (χ4n) is 2.57. The molecular formula is C18H16BrN3O4S. The minimum absolute atomic E-state index is 0.0428. The Bertz CT molecular complexity index is 1050. The predicted molar refractivity (Wildman–Crippen MR) is 108 cm³/mol. The van der Waals surface area contributed by atoms with Crippen molar-refractivity contribution in [2.24, 2.45) is 0 Å². The second kappa shape index (κ2) is 8.64. The molecule has 0 saturated heterocycles. The zero-order valence-corrected chi connectivity index (χ0v) is 16.8. The molecule has 7 nitrogen and oxygen atoms in total. The first kappa shape index (κ1) is 19.5. The molecule has 1 heterocycles. The van der Waals surface area contributed by atoms with Crippen LogP contribution in [0, 0.1) is 10.1 Å². The van der Waals surface area contributed by atoms with E-state index in [-0.39, 0.29) is 11.2 Å². The van der Waals surface area contributed by atoms with Crippen molar-refractivity contribution in [3.05, 3.63) is 73.0 Å². The molecular weight excluding hydrogens is 434 g/mol. The monoisotopic (exact) mass is 449 g/mol. The van der Waals surface area contributed by atoms with Gasteiger partial charge in [-0.05, 0) is 23.8 Å². The zero-order chi connectivity index (χ0) is 19.4. The maximum Gasteiger partial charge on any atom is 0.269 e. The van der Waals surface area contributed by atoms with Crippen LogP contribution < -0.4 is 5.56 Å². The summed E-state index contributed by atoms with van der Waals surface area (Å²) in [5, 5.41) is 12.0. The summed E-state index contributed by atoms with van der Waals surface area (Å²) in [6.07, 6.45) is 0. The smallest absolute Gasteiger partial charge is 0.269 e. The van der Waals surface area contributed by atoms with Gasteiger partial charge in [0.1, 0.15) is 0 Å². The number of nitro groups is 1. The number of methoxy groups -OCH3 is 1. The van der Waals surface area contributed by atoms with E-state index in [2.05, 4.69) is 20.9 Å². The highest BCUT2D eigenvalue weighted by atomic mass is 79.9. The Hall–Kier alpha value is -2.23. The molecule has 0 aliphatic carbocycles. The first-order valence-corrected chi connectivity index (χ1v) is 9.82. The van der Waals surface area contributed by atoms with Gasteiger partial charge >= 0.3 is 0 Å². The first-order valence-electron chi connectivity index (χ1n) is 8.05. The molecule has 0 amide bonds. The largest absolute Gasteiger partial charge is 0.383 e. The number of fused-ring (bicyclic) bond motifs is 1. The highest BCUT2D eigenvalue weighted by Gasteiger charge is 2.13. The van der Waals surface area contributed by atoms with E-state index in [0.717, 1.165) is 10.0 Å². The first-order chi connectivity index (χ1) is 13.0. The summed E-state index contributed by atoms with van der Waals surface area (Å²) < 4.78 is 7.51. The summed E-state index contributed by atoms with van der Waals surface area (Å²) in [6.45, 7) is 0.757. The highest BCUT2D eigenvalue weighted by Crippen LogP contribution is 2.25. The van der Waals surface area contributed by atoms with Gasteiger partial charge < -0.3 is 4.74 Å². The lowest BCUT2D eigenvalue weighted by Gasteiger charge is -2.13. The molecule has 0 saturated carbocycles. The number of ether oxygens (including phenoxy) is 1. The van der Waals surface area contributed by atoms with Gasteiger partial charge in [0, 0.05) is 29.5 Å². The Morgan fingerprint density at radius 3 is 2.85 bits per heavy atom. The van der Waals surface area contributed by atoms with E-state index >= 15 is 0 Å². The number of halogens is 1. The van der Waals surface area contributed by atoms with Gasteiger partial charge in [-0.2, -0.15) is 0 Å². The van der Waals surface area contributed by atoms with E-state index < -0.39 is 4.92 Å². The van der Waals surface area contributed by atoms with Gasteiger partial charge in [0.15, 0.2) is 5.16 Å². The normalized spacial score (nSPS) is 11.0. The van der Waals surface area contributed by atoms with E-state index in [9.17, 15) is 14.9 Å². The van der Waals surface area contributed by atoms with Gasteiger partial charge in [0.05, 0.1) is 29.0 Å². The Morgan fingerprint density at radius 2 is 2.11 bits per heavy atom. The Morgan fingerprint density at radius 1 is 1.30 bits per heavy atom. The molecule has 140 valence electrons. The van der Waals surface area contributed by atoms with Crippen LogP contribution in [0.5, 0.6) is 0 Å². The zero-order valence-electron chi connectivity index (χ0n) is 14.4. The molecule has 0 aliphatic rings. The topological polar surface area (TPSA) is 87.3 Å². The van der Waals surface area contributed by atoms with E-state index in [0.29, 0.717) is 35.0 Å². The molecule has 1 aromatic heterocycles. The van der Waals surface area contributed by atoms with Crippen LogP contribution in [0.1, 0.15) is 5.56 Å². The second-order valence-electron chi connectivity index (χ2n) is 5.72. The fraction of sp³-hybridized carbons (Fsp3) is 0.222. The second-order valence-corrected chi connectivity index (χ2v) is 7.58. The van der Waals surface area contributed by atoms with Crippen molar-refractivity contribution in [1.82, 2.24) is 9.55 Å². The van der Waals surface area contributed by atoms with Crippen molar-refractivity contribution in [3.8, 4) is 0 Å². The minimum atomic E-state index is -0.422. The van der Waals surface area contributed by atoms with Crippen molar-refractivity contribution in [1.29, 1.82) is 0 Å². The number of non-ortho nitro benzene ring substituents is 1. The Kier molecular flexibility index (Phi) is 6.25. The van der Waals surface area contributed by atoms with Crippen LogP contribution in [0.2, 0.25) is 0 Å². The van der Waals surface area contributed by atoms with Crippen molar-refractivity contribution < 1.29 is 9.66 Å². The summed E-state index contributed by atoms with van der Waals surface area (Å²) in [5.41, 5.74) is 1.30. The maximum absolute atomic E-state index is 12.9. The molecule has 2 aromatic carbocycles. The average Bonchev–Trinajstić information content (AvgIpc) is 2.66. The summed E-state index contributed by atoms with van der Waals surface area (Å²) in [7, 11) is 1.58. The van der Waals surface area contributed by atoms with Gasteiger partial charge in [-0.15, -0.1) is 0 Å². The standard InChI is InChI=1S/C18H16BrN3O4S/c1-26-8-7-21-17(23)15-10-13(19)5-6-16(15)20-18(21)27-11-12-3-2-4-14(9-12)22(24)25/h2-6,9-10H,7-8,11H2,1H3. The molecule has 0 radical (unpaired) electrons. The van der Waals surface area contributed by atoms with Gasteiger partial charge in [0.2, 0.25) is 0 Å². The number of aromatic nitrogens is 2. The maximum atomic E-state index is 12.9. The van der Waals surface area contributed by atoms with Gasteiger partial charge in [-0.3, -0.25) is 19.5 Å². The lowest BCUT2D eigenvalue weighted by molar-refractivity contribution is -0.384. The number of thioether (sulfide) groups is 1. The van der Waals surface area contributed by atoms with E-state index in [1.165, 1.54) is 23.9 Å². The van der Waals surface area contributed by atoms with Gasteiger partial charge in [0.25, 0.3) is 11.2 Å². The van der Waals surface area contributed by atoms with E-state index in [1.54, 1.807) is 29.9 Å². The lowest BCUT2D eigenvalue weighted by Crippen LogP contribution is -2.25. The van der Waals surface area contributed by atoms with Crippen molar-refractivity contribution in [2.75, 3.05) is 13.7 Å². The molecule has 3 aromatic rings. The summed E-state index contributed by atoms with van der Waals surface area (Å²) >= 11 is 4.75. The Balaban J connectivity index is 1.97. The number of nitrogens with zero attached hydrogens (tertiary/aromatic N) is 3. The van der Waals surface area contributed by atoms with Crippen LogP contribution in [0.25, 0.3) is 10.9 Å². The third-order valence-electron chi connectivity index (χ3n) is 3.89. The van der Waals surface area contributed by atoms with Gasteiger partial charge in [-0.1, -0.05) is 39.8 Å². The molecule has 0 aliphatic heterocycles. The third kappa shape index (κ3) is 4.55. The van der Waals surface area contributed by atoms with Crippen LogP contribution >= 0.6 is 27.7 Å². The Labute approximate surface area is 167 Å². The number of hydrogen-bond donors (Lipinski definition) is 0. The molecule has 0 atom stereocenters. The number of hydrogen-bond acceptors (Lipinski definition) is 6. The van der Waals surface area contributed by atoms with Crippen molar-refractivity contribution >= 4 is 44.3 Å².